The maximum atomic E-state index is 12.6. The van der Waals surface area contributed by atoms with Crippen LogP contribution in [-0.2, 0) is 9.53 Å². The van der Waals surface area contributed by atoms with Gasteiger partial charge in [0.15, 0.2) is 0 Å². The number of nitrogens with one attached hydrogen (secondary N) is 1. The molecular weight excluding hydrogens is 251 g/mol. The number of epoxide rings is 1. The quantitative estimate of drug-likeness (QED) is 0.846. The Morgan fingerprint density at radius 2 is 2.17 bits per heavy atom. The van der Waals surface area contributed by atoms with Crippen molar-refractivity contribution in [3.63, 3.8) is 0 Å². The molecule has 4 nitrogen and oxygen atoms in total. The van der Waals surface area contributed by atoms with Crippen molar-refractivity contribution in [2.45, 2.75) is 11.8 Å². The van der Waals surface area contributed by atoms with Crippen molar-refractivity contribution in [2.75, 3.05) is 19.0 Å². The Morgan fingerprint density at radius 3 is 2.67 bits per heavy atom. The minimum Gasteiger partial charge on any atom is -0.497 e. The van der Waals surface area contributed by atoms with Gasteiger partial charge in [0.2, 0.25) is 0 Å². The van der Waals surface area contributed by atoms with Crippen LogP contribution in [0.3, 0.4) is 0 Å². The molecule has 0 unspecified atom stereocenters. The highest BCUT2D eigenvalue weighted by molar-refractivity contribution is 6.00. The second-order valence-electron chi connectivity index (χ2n) is 3.80. The minimum atomic E-state index is -4.71. The summed E-state index contributed by atoms with van der Waals surface area (Å²) >= 11 is 0. The van der Waals surface area contributed by atoms with E-state index in [1.807, 2.05) is 0 Å². The van der Waals surface area contributed by atoms with Gasteiger partial charge in [0, 0.05) is 11.8 Å². The molecule has 2 rings (SSSR count). The molecule has 0 saturated carbocycles. The number of anilines is 1. The highest BCUT2D eigenvalue weighted by atomic mass is 19.4. The second-order valence-corrected chi connectivity index (χ2v) is 3.80. The van der Waals surface area contributed by atoms with Crippen molar-refractivity contribution >= 4 is 11.6 Å². The van der Waals surface area contributed by atoms with Gasteiger partial charge in [-0.05, 0) is 12.1 Å². The van der Waals surface area contributed by atoms with Gasteiger partial charge in [0.1, 0.15) is 5.75 Å². The first-order valence-corrected chi connectivity index (χ1v) is 5.05. The molecule has 1 aromatic carbocycles. The zero-order valence-electron chi connectivity index (χ0n) is 9.38. The monoisotopic (exact) mass is 261 g/mol. The molecule has 98 valence electrons. The molecule has 1 fully saturated rings. The number of amides is 1. The lowest BCUT2D eigenvalue weighted by Gasteiger charge is -2.15. The van der Waals surface area contributed by atoms with E-state index in [4.69, 9.17) is 4.74 Å². The highest BCUT2D eigenvalue weighted by Crippen LogP contribution is 2.44. The Hall–Kier alpha value is -1.76. The SMILES string of the molecule is COc1cccc(NC(=O)[C@@]2(C(F)(F)F)CO2)c1. The first kappa shape index (κ1) is 12.7. The van der Waals surface area contributed by atoms with E-state index in [0.29, 0.717) is 5.75 Å². The van der Waals surface area contributed by atoms with Gasteiger partial charge >= 0.3 is 6.18 Å². The molecule has 1 heterocycles. The van der Waals surface area contributed by atoms with Crippen LogP contribution in [0.15, 0.2) is 24.3 Å². The maximum Gasteiger partial charge on any atom is 0.429 e. The van der Waals surface area contributed by atoms with E-state index in [1.54, 1.807) is 12.1 Å². The Balaban J connectivity index is 2.12. The van der Waals surface area contributed by atoms with E-state index in [9.17, 15) is 18.0 Å². The summed E-state index contributed by atoms with van der Waals surface area (Å²) < 4.78 is 46.9. The third-order valence-electron chi connectivity index (χ3n) is 2.59. The molecule has 0 aromatic heterocycles. The van der Waals surface area contributed by atoms with Crippen molar-refractivity contribution in [3.8, 4) is 5.75 Å². The number of hydrogen-bond donors (Lipinski definition) is 1. The summed E-state index contributed by atoms with van der Waals surface area (Å²) in [5.41, 5.74) is -2.48. The molecule has 1 aliphatic rings. The third kappa shape index (κ3) is 2.13. The number of alkyl halides is 3. The van der Waals surface area contributed by atoms with Crippen molar-refractivity contribution in [3.05, 3.63) is 24.3 Å². The average molecular weight is 261 g/mol. The molecule has 0 aliphatic carbocycles. The normalized spacial score (nSPS) is 22.4. The van der Waals surface area contributed by atoms with E-state index in [0.717, 1.165) is 0 Å². The molecule has 1 aromatic rings. The number of benzene rings is 1. The van der Waals surface area contributed by atoms with Gasteiger partial charge in [0.05, 0.1) is 13.7 Å². The van der Waals surface area contributed by atoms with Crippen LogP contribution in [0.1, 0.15) is 0 Å². The smallest absolute Gasteiger partial charge is 0.429 e. The van der Waals surface area contributed by atoms with Crippen molar-refractivity contribution in [2.24, 2.45) is 0 Å². The minimum absolute atomic E-state index is 0.221. The summed E-state index contributed by atoms with van der Waals surface area (Å²) in [4.78, 5) is 11.5. The van der Waals surface area contributed by atoms with Crippen LogP contribution in [-0.4, -0.2) is 31.4 Å². The van der Waals surface area contributed by atoms with Crippen LogP contribution in [0.5, 0.6) is 5.75 Å². The summed E-state index contributed by atoms with van der Waals surface area (Å²) in [7, 11) is 1.42. The van der Waals surface area contributed by atoms with Gasteiger partial charge < -0.3 is 14.8 Å². The number of carbonyl (C=O) groups excluding carboxylic acids is 1. The largest absolute Gasteiger partial charge is 0.497 e. The molecule has 7 heteroatoms. The first-order chi connectivity index (χ1) is 8.39. The number of halogens is 3. The predicted octanol–water partition coefficient (Wildman–Crippen LogP) is 1.96. The van der Waals surface area contributed by atoms with E-state index in [-0.39, 0.29) is 5.69 Å². The highest BCUT2D eigenvalue weighted by Gasteiger charge is 2.71. The van der Waals surface area contributed by atoms with Crippen LogP contribution >= 0.6 is 0 Å². The standard InChI is InChI=1S/C11H10F3NO3/c1-17-8-4-2-3-7(5-8)15-9(16)10(6-18-10)11(12,13)14/h2-5H,6H2,1H3,(H,15,16)/t10-/m1/s1. The Kier molecular flexibility index (Phi) is 2.94. The number of ether oxygens (including phenoxy) is 2. The maximum absolute atomic E-state index is 12.6. The summed E-state index contributed by atoms with van der Waals surface area (Å²) in [5, 5.41) is 2.16. The number of carbonyl (C=O) groups is 1. The first-order valence-electron chi connectivity index (χ1n) is 5.05. The van der Waals surface area contributed by atoms with Gasteiger partial charge in [-0.25, -0.2) is 0 Å². The molecule has 1 amide bonds. The van der Waals surface area contributed by atoms with Crippen LogP contribution in [0.2, 0.25) is 0 Å². The lowest BCUT2D eigenvalue weighted by molar-refractivity contribution is -0.186. The number of hydrogen-bond acceptors (Lipinski definition) is 3. The van der Waals surface area contributed by atoms with Crippen LogP contribution in [0.4, 0.5) is 18.9 Å². The molecule has 0 spiro atoms. The molecule has 0 bridgehead atoms. The topological polar surface area (TPSA) is 50.9 Å². The van der Waals surface area contributed by atoms with Crippen molar-refractivity contribution < 1.29 is 27.4 Å². The van der Waals surface area contributed by atoms with Crippen molar-refractivity contribution in [1.29, 1.82) is 0 Å². The van der Waals surface area contributed by atoms with Crippen LogP contribution in [0.25, 0.3) is 0 Å². The second kappa shape index (κ2) is 4.16. The molecule has 0 radical (unpaired) electrons. The van der Waals surface area contributed by atoms with E-state index in [2.05, 4.69) is 10.1 Å². The molecule has 1 N–H and O–H groups in total. The summed E-state index contributed by atoms with van der Waals surface area (Å²) in [6.07, 6.45) is -4.71. The van der Waals surface area contributed by atoms with Crippen LogP contribution < -0.4 is 10.1 Å². The molecule has 1 atom stereocenters. The van der Waals surface area contributed by atoms with Crippen molar-refractivity contribution in [1.82, 2.24) is 0 Å². The number of rotatable bonds is 3. The molecule has 1 aliphatic heterocycles. The van der Waals surface area contributed by atoms with Gasteiger partial charge in [-0.2, -0.15) is 13.2 Å². The Morgan fingerprint density at radius 1 is 1.50 bits per heavy atom. The van der Waals surface area contributed by atoms with Crippen LogP contribution in [0, 0.1) is 0 Å². The predicted molar refractivity (Wildman–Crippen MR) is 56.4 cm³/mol. The molecular formula is C11H10F3NO3. The Labute approximate surface area is 101 Å². The molecule has 18 heavy (non-hydrogen) atoms. The van der Waals surface area contributed by atoms with Gasteiger partial charge in [0.25, 0.3) is 11.5 Å². The van der Waals surface area contributed by atoms with E-state index in [1.165, 1.54) is 19.2 Å². The summed E-state index contributed by atoms with van der Waals surface area (Å²) in [5.74, 6) is -0.783. The fraction of sp³-hybridized carbons (Fsp3) is 0.364. The zero-order chi connectivity index (χ0) is 13.4. The summed E-state index contributed by atoms with van der Waals surface area (Å²) in [6, 6.07) is 6.06. The van der Waals surface area contributed by atoms with E-state index < -0.39 is 24.3 Å². The molecule has 1 saturated heterocycles. The zero-order valence-corrected chi connectivity index (χ0v) is 9.38. The lowest BCUT2D eigenvalue weighted by atomic mass is 10.1. The fourth-order valence-electron chi connectivity index (χ4n) is 1.43. The lowest BCUT2D eigenvalue weighted by Crippen LogP contribution is -2.44. The Bertz CT molecular complexity index is 469. The number of methoxy groups -OCH3 is 1. The van der Waals surface area contributed by atoms with Gasteiger partial charge in [-0.1, -0.05) is 6.07 Å². The van der Waals surface area contributed by atoms with Gasteiger partial charge in [-0.3, -0.25) is 4.79 Å². The van der Waals surface area contributed by atoms with Gasteiger partial charge in [-0.15, -0.1) is 0 Å². The fourth-order valence-corrected chi connectivity index (χ4v) is 1.43. The summed E-state index contributed by atoms with van der Waals surface area (Å²) in [6.45, 7) is -0.647. The third-order valence-corrected chi connectivity index (χ3v) is 2.59. The van der Waals surface area contributed by atoms with E-state index >= 15 is 0 Å². The average Bonchev–Trinajstić information content (AvgIpc) is 3.09.